The van der Waals surface area contributed by atoms with Crippen molar-refractivity contribution in [3.63, 3.8) is 0 Å². The van der Waals surface area contributed by atoms with Gasteiger partial charge in [-0.2, -0.15) is 0 Å². The van der Waals surface area contributed by atoms with E-state index >= 15 is 0 Å². The van der Waals surface area contributed by atoms with Crippen LogP contribution in [0.25, 0.3) is 0 Å². The van der Waals surface area contributed by atoms with E-state index in [0.717, 1.165) is 10.5 Å². The van der Waals surface area contributed by atoms with Crippen LogP contribution in [0, 0.1) is 0 Å². The molecule has 3 amide bonds. The van der Waals surface area contributed by atoms with Crippen molar-refractivity contribution in [1.82, 2.24) is 15.1 Å². The van der Waals surface area contributed by atoms with Gasteiger partial charge in [0.05, 0.1) is 19.2 Å². The highest BCUT2D eigenvalue weighted by Gasteiger charge is 2.45. The fraction of sp³-hybridized carbons (Fsp3) is 0.500. The number of aryl methyl sites for hydroxylation is 1. The number of carbonyl (C=O) groups is 4. The molecular weight excluding hydrogens is 378 g/mol. The van der Waals surface area contributed by atoms with Crippen LogP contribution in [0.4, 0.5) is 4.79 Å². The van der Waals surface area contributed by atoms with Crippen molar-refractivity contribution in [3.8, 4) is 0 Å². The minimum Gasteiger partial charge on any atom is -0.480 e. The summed E-state index contributed by atoms with van der Waals surface area (Å²) < 4.78 is 5.10. The molecule has 0 saturated carbocycles. The standard InChI is InChI=1S/C20H27N3O6/c1-4-29-19(27)15(11-10-14-8-6-5-7-9-14)21-13(2)17(24)23-16(18(25)26)12-22(3)20(23)28/h5-9,13,15-16,21H,4,10-12H2,1-3H3,(H,25,26)/t13-,15?,16?/m0/s1. The number of benzene rings is 1. The molecular formula is C20H27N3O6. The Morgan fingerprint density at radius 3 is 2.52 bits per heavy atom. The molecule has 0 spiro atoms. The second kappa shape index (κ2) is 10.0. The highest BCUT2D eigenvalue weighted by Crippen LogP contribution is 2.17. The highest BCUT2D eigenvalue weighted by molar-refractivity contribution is 6.02. The molecule has 1 aromatic rings. The molecule has 1 aliphatic heterocycles. The number of nitrogens with zero attached hydrogens (tertiary/aromatic N) is 2. The quantitative estimate of drug-likeness (QED) is 0.586. The molecule has 0 radical (unpaired) electrons. The molecule has 9 heteroatoms. The third-order valence-electron chi connectivity index (χ3n) is 4.77. The first-order chi connectivity index (χ1) is 13.8. The number of rotatable bonds is 9. The number of nitrogens with one attached hydrogen (secondary N) is 1. The molecule has 1 aromatic carbocycles. The first-order valence-corrected chi connectivity index (χ1v) is 9.53. The van der Waals surface area contributed by atoms with Crippen molar-refractivity contribution in [3.05, 3.63) is 35.9 Å². The van der Waals surface area contributed by atoms with Crippen LogP contribution in [-0.2, 0) is 25.5 Å². The summed E-state index contributed by atoms with van der Waals surface area (Å²) in [6, 6.07) is 5.92. The molecule has 3 atom stereocenters. The van der Waals surface area contributed by atoms with Gasteiger partial charge < -0.3 is 14.7 Å². The SMILES string of the molecule is CCOC(=O)C(CCc1ccccc1)N[C@@H](C)C(=O)N1C(=O)N(C)CC1C(=O)O. The molecule has 1 fully saturated rings. The van der Waals surface area contributed by atoms with Crippen molar-refractivity contribution in [2.45, 2.75) is 44.8 Å². The summed E-state index contributed by atoms with van der Waals surface area (Å²) >= 11 is 0. The zero-order valence-corrected chi connectivity index (χ0v) is 16.8. The molecule has 2 rings (SSSR count). The van der Waals surface area contributed by atoms with Gasteiger partial charge in [-0.3, -0.25) is 14.9 Å². The largest absolute Gasteiger partial charge is 0.480 e. The van der Waals surface area contributed by atoms with Crippen molar-refractivity contribution < 1.29 is 29.0 Å². The number of urea groups is 1. The predicted octanol–water partition coefficient (Wildman–Crippen LogP) is 0.876. The second-order valence-corrected chi connectivity index (χ2v) is 6.94. The number of carboxylic acid groups (broad SMARTS) is 1. The number of esters is 1. The molecule has 2 N–H and O–H groups in total. The predicted molar refractivity (Wildman–Crippen MR) is 104 cm³/mol. The minimum absolute atomic E-state index is 0.0814. The van der Waals surface area contributed by atoms with Crippen LogP contribution < -0.4 is 5.32 Å². The van der Waals surface area contributed by atoms with E-state index in [0.29, 0.717) is 12.8 Å². The van der Waals surface area contributed by atoms with Crippen molar-refractivity contribution in [1.29, 1.82) is 0 Å². The van der Waals surface area contributed by atoms with E-state index in [1.807, 2.05) is 30.3 Å². The third-order valence-corrected chi connectivity index (χ3v) is 4.77. The Kier molecular flexibility index (Phi) is 7.72. The van der Waals surface area contributed by atoms with Crippen molar-refractivity contribution in [2.24, 2.45) is 0 Å². The maximum absolute atomic E-state index is 12.8. The Bertz CT molecular complexity index is 754. The number of aliphatic carboxylic acids is 1. The summed E-state index contributed by atoms with van der Waals surface area (Å²) in [7, 11) is 1.44. The van der Waals surface area contributed by atoms with Gasteiger partial charge in [0, 0.05) is 7.05 Å². The number of hydrogen-bond acceptors (Lipinski definition) is 6. The number of amides is 3. The fourth-order valence-corrected chi connectivity index (χ4v) is 3.22. The first kappa shape index (κ1) is 22.4. The summed E-state index contributed by atoms with van der Waals surface area (Å²) in [6.07, 6.45) is 0.970. The normalized spacial score (nSPS) is 18.4. The van der Waals surface area contributed by atoms with Gasteiger partial charge in [0.1, 0.15) is 6.04 Å². The summed E-state index contributed by atoms with van der Waals surface area (Å²) in [6.45, 7) is 3.31. The fourth-order valence-electron chi connectivity index (χ4n) is 3.22. The summed E-state index contributed by atoms with van der Waals surface area (Å²) in [4.78, 5) is 50.8. The number of hydrogen-bond donors (Lipinski definition) is 2. The lowest BCUT2D eigenvalue weighted by atomic mass is 10.0. The van der Waals surface area contributed by atoms with Gasteiger partial charge in [0.2, 0.25) is 5.91 Å². The van der Waals surface area contributed by atoms with Crippen LogP contribution in [0.2, 0.25) is 0 Å². The summed E-state index contributed by atoms with van der Waals surface area (Å²) in [5.74, 6) is -2.45. The lowest BCUT2D eigenvalue weighted by Gasteiger charge is -2.26. The zero-order chi connectivity index (χ0) is 21.6. The van der Waals surface area contributed by atoms with Crippen LogP contribution in [0.3, 0.4) is 0 Å². The van der Waals surface area contributed by atoms with E-state index in [9.17, 15) is 24.3 Å². The Labute approximate surface area is 169 Å². The average Bonchev–Trinajstić information content (AvgIpc) is 3.00. The van der Waals surface area contributed by atoms with Gasteiger partial charge >= 0.3 is 18.0 Å². The average molecular weight is 405 g/mol. The molecule has 1 aliphatic rings. The molecule has 158 valence electrons. The number of carboxylic acids is 1. The molecule has 1 saturated heterocycles. The lowest BCUT2D eigenvalue weighted by Crippen LogP contribution is -2.54. The van der Waals surface area contributed by atoms with Gasteiger partial charge in [-0.15, -0.1) is 0 Å². The van der Waals surface area contributed by atoms with Crippen LogP contribution in [-0.4, -0.2) is 77.1 Å². The van der Waals surface area contributed by atoms with E-state index in [4.69, 9.17) is 4.74 Å². The van der Waals surface area contributed by atoms with Crippen molar-refractivity contribution in [2.75, 3.05) is 20.2 Å². The Balaban J connectivity index is 2.09. The number of likely N-dealkylation sites (N-methyl/N-ethyl adjacent to an activating group) is 1. The van der Waals surface area contributed by atoms with Crippen LogP contribution in [0.5, 0.6) is 0 Å². The number of carbonyl (C=O) groups excluding carboxylic acids is 3. The maximum atomic E-state index is 12.8. The lowest BCUT2D eigenvalue weighted by molar-refractivity contribution is -0.148. The second-order valence-electron chi connectivity index (χ2n) is 6.94. The van der Waals surface area contributed by atoms with Crippen LogP contribution in [0.15, 0.2) is 30.3 Å². The number of imide groups is 1. The molecule has 2 unspecified atom stereocenters. The Hall–Kier alpha value is -2.94. The van der Waals surface area contributed by atoms with Crippen LogP contribution in [0.1, 0.15) is 25.8 Å². The van der Waals surface area contributed by atoms with Crippen molar-refractivity contribution >= 4 is 23.9 Å². The van der Waals surface area contributed by atoms with Gasteiger partial charge in [-0.25, -0.2) is 14.5 Å². The van der Waals surface area contributed by atoms with Gasteiger partial charge in [-0.05, 0) is 32.3 Å². The van der Waals surface area contributed by atoms with E-state index in [1.165, 1.54) is 18.9 Å². The molecule has 0 aromatic heterocycles. The molecule has 0 aliphatic carbocycles. The van der Waals surface area contributed by atoms with E-state index < -0.39 is 42.0 Å². The van der Waals surface area contributed by atoms with E-state index in [-0.39, 0.29) is 13.2 Å². The monoisotopic (exact) mass is 405 g/mol. The summed E-state index contributed by atoms with van der Waals surface area (Å²) in [5, 5.41) is 12.2. The molecule has 1 heterocycles. The Morgan fingerprint density at radius 1 is 1.28 bits per heavy atom. The van der Waals surface area contributed by atoms with Crippen LogP contribution >= 0.6 is 0 Å². The third kappa shape index (κ3) is 5.54. The van der Waals surface area contributed by atoms with Gasteiger partial charge in [-0.1, -0.05) is 30.3 Å². The Morgan fingerprint density at radius 2 is 1.93 bits per heavy atom. The zero-order valence-electron chi connectivity index (χ0n) is 16.8. The first-order valence-electron chi connectivity index (χ1n) is 9.53. The maximum Gasteiger partial charge on any atom is 0.328 e. The molecule has 9 nitrogen and oxygen atoms in total. The van der Waals surface area contributed by atoms with Gasteiger partial charge in [0.25, 0.3) is 0 Å². The summed E-state index contributed by atoms with van der Waals surface area (Å²) in [5.41, 5.74) is 1.03. The number of ether oxygens (including phenoxy) is 1. The van der Waals surface area contributed by atoms with E-state index in [1.54, 1.807) is 6.92 Å². The van der Waals surface area contributed by atoms with E-state index in [2.05, 4.69) is 5.32 Å². The smallest absolute Gasteiger partial charge is 0.328 e. The minimum atomic E-state index is -1.26. The molecule has 29 heavy (non-hydrogen) atoms. The van der Waals surface area contributed by atoms with Gasteiger partial charge in [0.15, 0.2) is 6.04 Å². The highest BCUT2D eigenvalue weighted by atomic mass is 16.5. The topological polar surface area (TPSA) is 116 Å². The molecule has 0 bridgehead atoms.